The molecule has 3 heterocycles. The van der Waals surface area contributed by atoms with Gasteiger partial charge in [-0.3, -0.25) is 0 Å². The molecule has 4 heteroatoms. The lowest BCUT2D eigenvalue weighted by Crippen LogP contribution is -2.40. The number of pyridine rings is 1. The normalized spacial score (nSPS) is 24.5. The van der Waals surface area contributed by atoms with E-state index in [1.54, 1.807) is 0 Å². The maximum Gasteiger partial charge on any atom is 0.137 e. The molecule has 96 valence electrons. The Morgan fingerprint density at radius 1 is 1.50 bits per heavy atom. The zero-order valence-corrected chi connectivity index (χ0v) is 10.7. The summed E-state index contributed by atoms with van der Waals surface area (Å²) in [6, 6.07) is 6.01. The molecule has 0 aliphatic carbocycles. The van der Waals surface area contributed by atoms with Crippen LogP contribution in [-0.4, -0.2) is 28.6 Å². The van der Waals surface area contributed by atoms with E-state index < -0.39 is 0 Å². The topological polar surface area (TPSA) is 38.6 Å². The standard InChI is InChI=1S/C14H19N3O/c1-11-5-6-15-8-13(11)18-10-12-9-17-7-3-2-4-14(17)16-12/h2-4,7,9,11,13,15H,5-6,8,10H2,1H3. The van der Waals surface area contributed by atoms with Crippen molar-refractivity contribution < 1.29 is 4.74 Å². The van der Waals surface area contributed by atoms with Gasteiger partial charge in [-0.1, -0.05) is 13.0 Å². The van der Waals surface area contributed by atoms with Gasteiger partial charge in [0.15, 0.2) is 0 Å². The minimum atomic E-state index is 0.309. The molecule has 0 spiro atoms. The van der Waals surface area contributed by atoms with Gasteiger partial charge >= 0.3 is 0 Å². The van der Waals surface area contributed by atoms with Crippen LogP contribution >= 0.6 is 0 Å². The first-order valence-electron chi connectivity index (χ1n) is 6.58. The number of hydrogen-bond acceptors (Lipinski definition) is 3. The maximum absolute atomic E-state index is 5.97. The molecule has 2 aromatic heterocycles. The summed E-state index contributed by atoms with van der Waals surface area (Å²) >= 11 is 0. The third-order valence-electron chi connectivity index (χ3n) is 3.62. The number of aromatic nitrogens is 2. The second-order valence-corrected chi connectivity index (χ2v) is 5.02. The number of hydrogen-bond donors (Lipinski definition) is 1. The highest BCUT2D eigenvalue weighted by atomic mass is 16.5. The molecule has 3 rings (SSSR count). The van der Waals surface area contributed by atoms with Crippen LogP contribution in [0, 0.1) is 5.92 Å². The van der Waals surface area contributed by atoms with Crippen molar-refractivity contribution in [3.05, 3.63) is 36.3 Å². The summed E-state index contributed by atoms with van der Waals surface area (Å²) in [6.07, 6.45) is 5.55. The molecule has 1 N–H and O–H groups in total. The van der Waals surface area contributed by atoms with Gasteiger partial charge in [-0.15, -0.1) is 0 Å². The largest absolute Gasteiger partial charge is 0.370 e. The highest BCUT2D eigenvalue weighted by Crippen LogP contribution is 2.16. The number of fused-ring (bicyclic) bond motifs is 1. The molecule has 0 amide bonds. The van der Waals surface area contributed by atoms with E-state index in [0.717, 1.165) is 24.4 Å². The van der Waals surface area contributed by atoms with Crippen LogP contribution in [0.15, 0.2) is 30.6 Å². The number of nitrogens with zero attached hydrogens (tertiary/aromatic N) is 2. The highest BCUT2D eigenvalue weighted by molar-refractivity contribution is 5.39. The molecule has 4 nitrogen and oxygen atoms in total. The summed E-state index contributed by atoms with van der Waals surface area (Å²) in [4.78, 5) is 4.54. The molecule has 1 aliphatic heterocycles. The average Bonchev–Trinajstić information content (AvgIpc) is 2.80. The molecule has 0 radical (unpaired) electrons. The summed E-state index contributed by atoms with van der Waals surface area (Å²) in [5.74, 6) is 0.628. The van der Waals surface area contributed by atoms with Crippen LogP contribution in [0.5, 0.6) is 0 Å². The van der Waals surface area contributed by atoms with E-state index in [-0.39, 0.29) is 0 Å². The zero-order chi connectivity index (χ0) is 12.4. The Bertz CT molecular complexity index is 489. The number of nitrogens with one attached hydrogen (secondary N) is 1. The van der Waals surface area contributed by atoms with E-state index in [9.17, 15) is 0 Å². The first-order valence-corrected chi connectivity index (χ1v) is 6.58. The molecular weight excluding hydrogens is 226 g/mol. The monoisotopic (exact) mass is 245 g/mol. The van der Waals surface area contributed by atoms with Crippen LogP contribution in [-0.2, 0) is 11.3 Å². The van der Waals surface area contributed by atoms with Gasteiger partial charge in [-0.25, -0.2) is 4.98 Å². The molecule has 18 heavy (non-hydrogen) atoms. The Labute approximate surface area is 107 Å². The molecule has 2 aromatic rings. The number of ether oxygens (including phenoxy) is 1. The fourth-order valence-electron chi connectivity index (χ4n) is 2.43. The van der Waals surface area contributed by atoms with Crippen LogP contribution in [0.3, 0.4) is 0 Å². The van der Waals surface area contributed by atoms with Crippen molar-refractivity contribution in [2.75, 3.05) is 13.1 Å². The molecular formula is C14H19N3O. The fourth-order valence-corrected chi connectivity index (χ4v) is 2.43. The Morgan fingerprint density at radius 3 is 3.28 bits per heavy atom. The lowest BCUT2D eigenvalue weighted by molar-refractivity contribution is -0.00780. The predicted octanol–water partition coefficient (Wildman–Crippen LogP) is 1.85. The highest BCUT2D eigenvalue weighted by Gasteiger charge is 2.21. The van der Waals surface area contributed by atoms with E-state index in [0.29, 0.717) is 18.6 Å². The molecule has 1 saturated heterocycles. The van der Waals surface area contributed by atoms with Crippen LogP contribution in [0.4, 0.5) is 0 Å². The molecule has 0 aromatic carbocycles. The van der Waals surface area contributed by atoms with E-state index in [2.05, 4.69) is 17.2 Å². The summed E-state index contributed by atoms with van der Waals surface area (Å²) in [5.41, 5.74) is 1.98. The third-order valence-corrected chi connectivity index (χ3v) is 3.62. The van der Waals surface area contributed by atoms with Crippen molar-refractivity contribution in [1.82, 2.24) is 14.7 Å². The van der Waals surface area contributed by atoms with Crippen molar-refractivity contribution in [3.8, 4) is 0 Å². The van der Waals surface area contributed by atoms with Crippen LogP contribution in [0.25, 0.3) is 5.65 Å². The van der Waals surface area contributed by atoms with Crippen molar-refractivity contribution in [2.45, 2.75) is 26.1 Å². The Morgan fingerprint density at radius 2 is 2.44 bits per heavy atom. The van der Waals surface area contributed by atoms with Gasteiger partial charge in [0.2, 0.25) is 0 Å². The minimum Gasteiger partial charge on any atom is -0.370 e. The quantitative estimate of drug-likeness (QED) is 0.897. The predicted molar refractivity (Wildman–Crippen MR) is 70.4 cm³/mol. The second kappa shape index (κ2) is 5.08. The lowest BCUT2D eigenvalue weighted by atomic mass is 9.97. The first-order chi connectivity index (χ1) is 8.83. The molecule has 1 aliphatic rings. The summed E-state index contributed by atoms with van der Waals surface area (Å²) in [7, 11) is 0. The van der Waals surface area contributed by atoms with Gasteiger partial charge in [-0.05, 0) is 31.0 Å². The van der Waals surface area contributed by atoms with E-state index in [1.165, 1.54) is 6.42 Å². The van der Waals surface area contributed by atoms with Crippen LogP contribution in [0.1, 0.15) is 19.0 Å². The van der Waals surface area contributed by atoms with Gasteiger partial charge in [0.25, 0.3) is 0 Å². The van der Waals surface area contributed by atoms with Crippen molar-refractivity contribution in [2.24, 2.45) is 5.92 Å². The van der Waals surface area contributed by atoms with Gasteiger partial charge in [0.05, 0.1) is 18.4 Å². The molecule has 2 atom stereocenters. The Kier molecular flexibility index (Phi) is 3.30. The van der Waals surface area contributed by atoms with Crippen LogP contribution < -0.4 is 5.32 Å². The number of rotatable bonds is 3. The van der Waals surface area contributed by atoms with Gasteiger partial charge in [0.1, 0.15) is 5.65 Å². The minimum absolute atomic E-state index is 0.309. The maximum atomic E-state index is 5.97. The lowest BCUT2D eigenvalue weighted by Gasteiger charge is -2.29. The molecule has 0 bridgehead atoms. The summed E-state index contributed by atoms with van der Waals surface area (Å²) in [6.45, 7) is 4.91. The molecule has 0 saturated carbocycles. The van der Waals surface area contributed by atoms with Crippen molar-refractivity contribution in [3.63, 3.8) is 0 Å². The van der Waals surface area contributed by atoms with Gasteiger partial charge in [0, 0.05) is 18.9 Å². The van der Waals surface area contributed by atoms with E-state index in [1.807, 2.05) is 35.0 Å². The second-order valence-electron chi connectivity index (χ2n) is 5.02. The number of piperidine rings is 1. The molecule has 1 fully saturated rings. The Hall–Kier alpha value is -1.39. The van der Waals surface area contributed by atoms with Gasteiger partial charge < -0.3 is 14.5 Å². The first kappa shape index (κ1) is 11.7. The average molecular weight is 245 g/mol. The summed E-state index contributed by atoms with van der Waals surface area (Å²) in [5, 5.41) is 3.38. The zero-order valence-electron chi connectivity index (χ0n) is 10.7. The van der Waals surface area contributed by atoms with Crippen molar-refractivity contribution >= 4 is 5.65 Å². The smallest absolute Gasteiger partial charge is 0.137 e. The fraction of sp³-hybridized carbons (Fsp3) is 0.500. The number of imidazole rings is 1. The van der Waals surface area contributed by atoms with Crippen molar-refractivity contribution in [1.29, 1.82) is 0 Å². The van der Waals surface area contributed by atoms with E-state index >= 15 is 0 Å². The Balaban J connectivity index is 1.65. The van der Waals surface area contributed by atoms with Crippen LogP contribution in [0.2, 0.25) is 0 Å². The summed E-state index contributed by atoms with van der Waals surface area (Å²) < 4.78 is 8.00. The SMILES string of the molecule is CC1CCNCC1OCc1cn2ccccc2n1. The third kappa shape index (κ3) is 2.40. The van der Waals surface area contributed by atoms with Gasteiger partial charge in [-0.2, -0.15) is 0 Å². The van der Waals surface area contributed by atoms with E-state index in [4.69, 9.17) is 4.74 Å². The molecule has 2 unspecified atom stereocenters.